The number of amides is 1. The molecule has 0 aromatic heterocycles. The van der Waals surface area contributed by atoms with Crippen LogP contribution in [0, 0.1) is 3.57 Å². The molecular formula is C26H29IN2O5S. The summed E-state index contributed by atoms with van der Waals surface area (Å²) in [4.78, 5) is 32.0. The van der Waals surface area contributed by atoms with Crippen molar-refractivity contribution in [3.63, 3.8) is 0 Å². The van der Waals surface area contributed by atoms with Crippen LogP contribution in [0.2, 0.25) is 0 Å². The van der Waals surface area contributed by atoms with Gasteiger partial charge in [0.15, 0.2) is 16.7 Å². The summed E-state index contributed by atoms with van der Waals surface area (Å²) in [5, 5.41) is 0.559. The van der Waals surface area contributed by atoms with Crippen molar-refractivity contribution in [3.8, 4) is 11.5 Å². The van der Waals surface area contributed by atoms with E-state index in [1.807, 2.05) is 45.9 Å². The minimum absolute atomic E-state index is 0.0121. The molecule has 186 valence electrons. The smallest absolute Gasteiger partial charge is 0.338 e. The van der Waals surface area contributed by atoms with E-state index < -0.39 is 5.97 Å². The van der Waals surface area contributed by atoms with Gasteiger partial charge in [-0.25, -0.2) is 9.79 Å². The van der Waals surface area contributed by atoms with E-state index in [0.29, 0.717) is 52.6 Å². The largest absolute Gasteiger partial charge is 0.490 e. The second-order valence-electron chi connectivity index (χ2n) is 7.75. The average molecular weight is 608 g/mol. The van der Waals surface area contributed by atoms with Gasteiger partial charge >= 0.3 is 5.97 Å². The maximum absolute atomic E-state index is 13.1. The van der Waals surface area contributed by atoms with Crippen LogP contribution in [-0.4, -0.2) is 47.8 Å². The lowest BCUT2D eigenvalue weighted by molar-refractivity contribution is -0.122. The molecule has 0 unspecified atom stereocenters. The minimum atomic E-state index is -0.401. The number of benzene rings is 2. The summed E-state index contributed by atoms with van der Waals surface area (Å²) in [6, 6.07) is 10.7. The van der Waals surface area contributed by atoms with Gasteiger partial charge in [0.25, 0.3) is 5.91 Å². The molecule has 0 N–H and O–H groups in total. The number of likely N-dealkylation sites (N-methyl/N-ethyl adjacent to an activating group) is 1. The van der Waals surface area contributed by atoms with Crippen LogP contribution in [0.15, 0.2) is 46.3 Å². The first kappa shape index (κ1) is 27.1. The summed E-state index contributed by atoms with van der Waals surface area (Å²) in [5.41, 5.74) is 1.84. The van der Waals surface area contributed by atoms with Gasteiger partial charge in [-0.15, -0.1) is 0 Å². The molecule has 1 amide bonds. The van der Waals surface area contributed by atoms with E-state index in [1.165, 1.54) is 11.8 Å². The number of ether oxygens (including phenoxy) is 3. The molecule has 35 heavy (non-hydrogen) atoms. The molecule has 1 aliphatic rings. The number of nitrogens with zero attached hydrogens (tertiary/aromatic N) is 2. The highest BCUT2D eigenvalue weighted by atomic mass is 127. The first-order chi connectivity index (χ1) is 16.8. The maximum atomic E-state index is 13.1. The molecule has 0 aliphatic carbocycles. The van der Waals surface area contributed by atoms with Gasteiger partial charge in [0.1, 0.15) is 0 Å². The van der Waals surface area contributed by atoms with Gasteiger partial charge in [0.2, 0.25) is 0 Å². The molecule has 9 heteroatoms. The van der Waals surface area contributed by atoms with Gasteiger partial charge in [-0.3, -0.25) is 9.69 Å². The molecule has 2 aromatic carbocycles. The van der Waals surface area contributed by atoms with Crippen molar-refractivity contribution in [2.75, 3.05) is 19.8 Å². The Bertz CT molecular complexity index is 1160. The summed E-state index contributed by atoms with van der Waals surface area (Å²) in [6.45, 7) is 10.8. The molecule has 0 spiro atoms. The molecule has 3 rings (SSSR count). The molecule has 0 atom stereocenters. The third kappa shape index (κ3) is 6.78. The topological polar surface area (TPSA) is 77.4 Å². The van der Waals surface area contributed by atoms with Crippen molar-refractivity contribution in [2.24, 2.45) is 4.99 Å². The SMILES string of the molecule is CCOC(=O)c1cccc(N=C2SC(=Cc3cc(I)c(OC(C)C)c(OCC)c3)C(=O)N2CC)c1. The molecular weight excluding hydrogens is 579 g/mol. The number of hydrogen-bond acceptors (Lipinski definition) is 7. The van der Waals surface area contributed by atoms with Gasteiger partial charge in [0, 0.05) is 6.54 Å². The normalized spacial score (nSPS) is 15.9. The highest BCUT2D eigenvalue weighted by Gasteiger charge is 2.32. The standard InChI is InChI=1S/C26H29IN2O5S/c1-6-29-24(30)22(14-17-12-20(27)23(34-16(4)5)21(13-17)32-7-2)35-26(29)28-19-11-9-10-18(15-19)25(31)33-8-3/h9-16H,6-8H2,1-5H3. The fourth-order valence-corrected chi connectivity index (χ4v) is 5.15. The van der Waals surface area contributed by atoms with Crippen molar-refractivity contribution >= 4 is 63.2 Å². The summed E-state index contributed by atoms with van der Waals surface area (Å²) in [6.07, 6.45) is 1.86. The Morgan fingerprint density at radius 3 is 2.60 bits per heavy atom. The Balaban J connectivity index is 1.94. The third-order valence-corrected chi connectivity index (χ3v) is 6.58. The molecule has 1 saturated heterocycles. The lowest BCUT2D eigenvalue weighted by Crippen LogP contribution is -2.28. The number of thioether (sulfide) groups is 1. The van der Waals surface area contributed by atoms with E-state index in [0.717, 1.165) is 9.13 Å². The van der Waals surface area contributed by atoms with Crippen LogP contribution in [0.4, 0.5) is 5.69 Å². The lowest BCUT2D eigenvalue weighted by Gasteiger charge is -2.17. The van der Waals surface area contributed by atoms with Crippen molar-refractivity contribution in [2.45, 2.75) is 40.7 Å². The number of carbonyl (C=O) groups is 2. The van der Waals surface area contributed by atoms with Crippen LogP contribution in [0.5, 0.6) is 11.5 Å². The zero-order valence-electron chi connectivity index (χ0n) is 20.5. The Morgan fingerprint density at radius 2 is 1.94 bits per heavy atom. The fraction of sp³-hybridized carbons (Fsp3) is 0.346. The predicted molar refractivity (Wildman–Crippen MR) is 149 cm³/mol. The Labute approximate surface area is 224 Å². The average Bonchev–Trinajstić information content (AvgIpc) is 3.10. The number of hydrogen-bond donors (Lipinski definition) is 0. The molecule has 0 saturated carbocycles. The molecule has 1 fully saturated rings. The Hall–Kier alpha value is -2.53. The zero-order valence-corrected chi connectivity index (χ0v) is 23.4. The third-order valence-electron chi connectivity index (χ3n) is 4.77. The molecule has 1 aliphatic heterocycles. The van der Waals surface area contributed by atoms with Crippen molar-refractivity contribution < 1.29 is 23.8 Å². The monoisotopic (exact) mass is 608 g/mol. The molecule has 0 radical (unpaired) electrons. The number of aliphatic imine (C=N–C) groups is 1. The predicted octanol–water partition coefficient (Wildman–Crippen LogP) is 6.28. The van der Waals surface area contributed by atoms with Crippen LogP contribution < -0.4 is 9.47 Å². The number of rotatable bonds is 9. The van der Waals surface area contributed by atoms with Gasteiger partial charge in [-0.2, -0.15) is 0 Å². The first-order valence-electron chi connectivity index (χ1n) is 11.5. The molecule has 7 nitrogen and oxygen atoms in total. The second kappa shape index (κ2) is 12.4. The fourth-order valence-electron chi connectivity index (χ4n) is 3.33. The highest BCUT2D eigenvalue weighted by molar-refractivity contribution is 14.1. The summed E-state index contributed by atoms with van der Waals surface area (Å²) >= 11 is 3.53. The van der Waals surface area contributed by atoms with E-state index in [-0.39, 0.29) is 12.0 Å². The van der Waals surface area contributed by atoms with Crippen molar-refractivity contribution in [1.29, 1.82) is 0 Å². The van der Waals surface area contributed by atoms with Gasteiger partial charge in [0.05, 0.1) is 39.0 Å². The summed E-state index contributed by atoms with van der Waals surface area (Å²) in [5.74, 6) is 0.830. The van der Waals surface area contributed by atoms with Crippen LogP contribution in [0.25, 0.3) is 6.08 Å². The maximum Gasteiger partial charge on any atom is 0.338 e. The van der Waals surface area contributed by atoms with E-state index in [1.54, 1.807) is 36.1 Å². The van der Waals surface area contributed by atoms with Crippen molar-refractivity contribution in [1.82, 2.24) is 4.90 Å². The quantitative estimate of drug-likeness (QED) is 0.190. The van der Waals surface area contributed by atoms with Gasteiger partial charge in [-0.05, 0) is 111 Å². The number of amidine groups is 1. The van der Waals surface area contributed by atoms with E-state index in [2.05, 4.69) is 27.6 Å². The number of halogens is 1. The van der Waals surface area contributed by atoms with Crippen LogP contribution in [-0.2, 0) is 9.53 Å². The number of carbonyl (C=O) groups excluding carboxylic acids is 2. The van der Waals surface area contributed by atoms with Gasteiger partial charge < -0.3 is 14.2 Å². The second-order valence-corrected chi connectivity index (χ2v) is 9.93. The van der Waals surface area contributed by atoms with Crippen molar-refractivity contribution in [3.05, 3.63) is 56.0 Å². The van der Waals surface area contributed by atoms with E-state index in [4.69, 9.17) is 14.2 Å². The molecule has 1 heterocycles. The molecule has 2 aromatic rings. The Morgan fingerprint density at radius 1 is 1.17 bits per heavy atom. The molecule has 0 bridgehead atoms. The summed E-state index contributed by atoms with van der Waals surface area (Å²) < 4.78 is 17.7. The highest BCUT2D eigenvalue weighted by Crippen LogP contribution is 2.38. The minimum Gasteiger partial charge on any atom is -0.490 e. The first-order valence-corrected chi connectivity index (χ1v) is 13.4. The van der Waals surface area contributed by atoms with E-state index >= 15 is 0 Å². The van der Waals surface area contributed by atoms with Crippen LogP contribution in [0.3, 0.4) is 0 Å². The zero-order chi connectivity index (χ0) is 25.5. The number of esters is 1. The Kier molecular flexibility index (Phi) is 9.62. The summed E-state index contributed by atoms with van der Waals surface area (Å²) in [7, 11) is 0. The van der Waals surface area contributed by atoms with Crippen LogP contribution in [0.1, 0.15) is 50.5 Å². The lowest BCUT2D eigenvalue weighted by atomic mass is 10.1. The van der Waals surface area contributed by atoms with Crippen LogP contribution >= 0.6 is 34.4 Å². The van der Waals surface area contributed by atoms with Gasteiger partial charge in [-0.1, -0.05) is 6.07 Å². The van der Waals surface area contributed by atoms with E-state index in [9.17, 15) is 9.59 Å².